The summed E-state index contributed by atoms with van der Waals surface area (Å²) in [5, 5.41) is 6.51. The summed E-state index contributed by atoms with van der Waals surface area (Å²) >= 11 is 0. The predicted molar refractivity (Wildman–Crippen MR) is 82.1 cm³/mol. The van der Waals surface area contributed by atoms with Crippen LogP contribution >= 0.6 is 0 Å². The summed E-state index contributed by atoms with van der Waals surface area (Å²) in [6.07, 6.45) is 5.18. The van der Waals surface area contributed by atoms with E-state index in [2.05, 4.69) is 42.5 Å². The molecule has 108 valence electrons. The molecular weight excluding hydrogens is 266 g/mol. The average molecular weight is 283 g/mol. The van der Waals surface area contributed by atoms with Crippen molar-refractivity contribution < 1.29 is 0 Å². The van der Waals surface area contributed by atoms with Gasteiger partial charge in [-0.25, -0.2) is 4.98 Å². The second-order valence-electron chi connectivity index (χ2n) is 4.67. The Morgan fingerprint density at radius 1 is 1.24 bits per heavy atom. The number of anilines is 2. The van der Waals surface area contributed by atoms with Crippen LogP contribution in [0.4, 0.5) is 11.8 Å². The Balaban J connectivity index is 1.93. The van der Waals surface area contributed by atoms with Crippen LogP contribution in [0, 0.1) is 0 Å². The molecule has 3 heterocycles. The van der Waals surface area contributed by atoms with Crippen LogP contribution in [-0.4, -0.2) is 31.5 Å². The zero-order valence-electron chi connectivity index (χ0n) is 12.0. The first kappa shape index (κ1) is 13.3. The number of aromatic amines is 1. The van der Waals surface area contributed by atoms with Crippen LogP contribution in [0.3, 0.4) is 0 Å². The van der Waals surface area contributed by atoms with E-state index in [-0.39, 0.29) is 6.04 Å². The molecule has 0 bridgehead atoms. The quantitative estimate of drug-likeness (QED) is 0.666. The smallest absolute Gasteiger partial charge is 0.226 e. The van der Waals surface area contributed by atoms with Crippen LogP contribution in [0.25, 0.3) is 11.2 Å². The molecule has 21 heavy (non-hydrogen) atoms. The number of nitrogens with one attached hydrogen (secondary N) is 3. The number of nitrogens with zero attached hydrogens (tertiary/aromatic N) is 4. The molecule has 7 nitrogen and oxygen atoms in total. The van der Waals surface area contributed by atoms with Crippen molar-refractivity contribution >= 4 is 22.9 Å². The molecule has 0 fully saturated rings. The van der Waals surface area contributed by atoms with Gasteiger partial charge in [-0.1, -0.05) is 0 Å². The summed E-state index contributed by atoms with van der Waals surface area (Å²) in [6.45, 7) is 4.84. The molecule has 0 aliphatic rings. The molecular formula is C14H17N7. The van der Waals surface area contributed by atoms with E-state index in [9.17, 15) is 0 Å². The van der Waals surface area contributed by atoms with Gasteiger partial charge in [0.15, 0.2) is 11.5 Å². The van der Waals surface area contributed by atoms with Gasteiger partial charge in [-0.05, 0) is 31.5 Å². The summed E-state index contributed by atoms with van der Waals surface area (Å²) < 4.78 is 0. The lowest BCUT2D eigenvalue weighted by Crippen LogP contribution is -2.11. The Kier molecular flexibility index (Phi) is 3.63. The summed E-state index contributed by atoms with van der Waals surface area (Å²) in [6, 6.07) is 4.06. The van der Waals surface area contributed by atoms with Crippen molar-refractivity contribution in [3.05, 3.63) is 36.4 Å². The summed E-state index contributed by atoms with van der Waals surface area (Å²) in [4.78, 5) is 20.2. The maximum atomic E-state index is 4.51. The number of fused-ring (bicyclic) bond motifs is 1. The van der Waals surface area contributed by atoms with E-state index < -0.39 is 0 Å². The average Bonchev–Trinajstić information content (AvgIpc) is 2.97. The standard InChI is InChI=1S/C14H17N7/c1-3-16-14-20-12-11(17-8-18-12)13(21-14)19-9(2)10-4-6-15-7-5-10/h4-9H,3H2,1-2H3,(H3,16,17,18,19,20,21). The highest BCUT2D eigenvalue weighted by Crippen LogP contribution is 2.23. The van der Waals surface area contributed by atoms with Gasteiger partial charge in [0.2, 0.25) is 5.95 Å². The Morgan fingerprint density at radius 2 is 2.05 bits per heavy atom. The molecule has 0 saturated heterocycles. The van der Waals surface area contributed by atoms with Crippen molar-refractivity contribution in [2.24, 2.45) is 0 Å². The number of aromatic nitrogens is 5. The Bertz CT molecular complexity index is 723. The highest BCUT2D eigenvalue weighted by atomic mass is 15.2. The molecule has 3 aromatic heterocycles. The van der Waals surface area contributed by atoms with Crippen molar-refractivity contribution in [2.45, 2.75) is 19.9 Å². The summed E-state index contributed by atoms with van der Waals surface area (Å²) in [7, 11) is 0. The zero-order valence-corrected chi connectivity index (χ0v) is 12.0. The first-order valence-corrected chi connectivity index (χ1v) is 6.89. The second kappa shape index (κ2) is 5.74. The zero-order chi connectivity index (χ0) is 14.7. The lowest BCUT2D eigenvalue weighted by Gasteiger charge is -2.15. The number of H-pyrrole nitrogens is 1. The normalized spacial score (nSPS) is 12.3. The monoisotopic (exact) mass is 283 g/mol. The molecule has 0 saturated carbocycles. The van der Waals surface area contributed by atoms with E-state index in [1.807, 2.05) is 19.1 Å². The van der Waals surface area contributed by atoms with Gasteiger partial charge in [0.1, 0.15) is 5.52 Å². The highest BCUT2D eigenvalue weighted by molar-refractivity contribution is 5.83. The van der Waals surface area contributed by atoms with E-state index in [4.69, 9.17) is 0 Å². The Labute approximate surface area is 122 Å². The largest absolute Gasteiger partial charge is 0.362 e. The lowest BCUT2D eigenvalue weighted by molar-refractivity contribution is 0.871. The first-order valence-electron chi connectivity index (χ1n) is 6.89. The van der Waals surface area contributed by atoms with Crippen LogP contribution < -0.4 is 10.6 Å². The molecule has 0 radical (unpaired) electrons. The van der Waals surface area contributed by atoms with Gasteiger partial charge in [0, 0.05) is 18.9 Å². The van der Waals surface area contributed by atoms with Gasteiger partial charge in [-0.15, -0.1) is 0 Å². The number of imidazole rings is 1. The maximum Gasteiger partial charge on any atom is 0.226 e. The van der Waals surface area contributed by atoms with Crippen molar-refractivity contribution in [1.29, 1.82) is 0 Å². The number of pyridine rings is 1. The summed E-state index contributed by atoms with van der Waals surface area (Å²) in [5.41, 5.74) is 2.59. The van der Waals surface area contributed by atoms with E-state index in [1.165, 1.54) is 0 Å². The van der Waals surface area contributed by atoms with E-state index >= 15 is 0 Å². The van der Waals surface area contributed by atoms with E-state index in [0.29, 0.717) is 11.6 Å². The lowest BCUT2D eigenvalue weighted by atomic mass is 10.1. The van der Waals surface area contributed by atoms with E-state index in [0.717, 1.165) is 23.4 Å². The minimum atomic E-state index is 0.101. The minimum Gasteiger partial charge on any atom is -0.362 e. The van der Waals surface area contributed by atoms with Crippen LogP contribution in [0.15, 0.2) is 30.9 Å². The van der Waals surface area contributed by atoms with Gasteiger partial charge < -0.3 is 15.6 Å². The first-order chi connectivity index (χ1) is 10.3. The van der Waals surface area contributed by atoms with Crippen molar-refractivity contribution in [3.63, 3.8) is 0 Å². The number of hydrogen-bond donors (Lipinski definition) is 3. The Morgan fingerprint density at radius 3 is 2.81 bits per heavy atom. The fourth-order valence-corrected chi connectivity index (χ4v) is 2.12. The van der Waals surface area contributed by atoms with Crippen LogP contribution in [0.1, 0.15) is 25.5 Å². The third-order valence-electron chi connectivity index (χ3n) is 3.18. The molecule has 0 aliphatic heterocycles. The van der Waals surface area contributed by atoms with Crippen molar-refractivity contribution in [1.82, 2.24) is 24.9 Å². The molecule has 0 aliphatic carbocycles. The van der Waals surface area contributed by atoms with Gasteiger partial charge in [-0.2, -0.15) is 9.97 Å². The molecule has 7 heteroatoms. The van der Waals surface area contributed by atoms with Gasteiger partial charge in [-0.3, -0.25) is 4.98 Å². The third-order valence-corrected chi connectivity index (χ3v) is 3.18. The van der Waals surface area contributed by atoms with E-state index in [1.54, 1.807) is 18.7 Å². The molecule has 1 unspecified atom stereocenters. The van der Waals surface area contributed by atoms with Crippen LogP contribution in [0.5, 0.6) is 0 Å². The van der Waals surface area contributed by atoms with Gasteiger partial charge in [0.25, 0.3) is 0 Å². The topological polar surface area (TPSA) is 91.4 Å². The number of hydrogen-bond acceptors (Lipinski definition) is 6. The van der Waals surface area contributed by atoms with Gasteiger partial charge in [0.05, 0.1) is 12.4 Å². The second-order valence-corrected chi connectivity index (χ2v) is 4.67. The highest BCUT2D eigenvalue weighted by Gasteiger charge is 2.12. The third kappa shape index (κ3) is 2.76. The summed E-state index contributed by atoms with van der Waals surface area (Å²) in [5.74, 6) is 1.30. The van der Waals surface area contributed by atoms with Crippen LogP contribution in [0.2, 0.25) is 0 Å². The maximum absolute atomic E-state index is 4.51. The Hall–Kier alpha value is -2.70. The predicted octanol–water partition coefficient (Wildman–Crippen LogP) is 2.35. The molecule has 3 N–H and O–H groups in total. The molecule has 3 aromatic rings. The molecule has 0 spiro atoms. The molecule has 1 atom stereocenters. The minimum absolute atomic E-state index is 0.101. The SMILES string of the molecule is CCNc1nc(NC(C)c2ccncc2)c2[nH]cnc2n1. The number of rotatable bonds is 5. The van der Waals surface area contributed by atoms with Crippen LogP contribution in [-0.2, 0) is 0 Å². The fourth-order valence-electron chi connectivity index (χ4n) is 2.12. The molecule has 0 amide bonds. The molecule has 0 aromatic carbocycles. The van der Waals surface area contributed by atoms with Crippen molar-refractivity contribution in [2.75, 3.05) is 17.2 Å². The van der Waals surface area contributed by atoms with Gasteiger partial charge >= 0.3 is 0 Å². The molecule has 3 rings (SSSR count). The fraction of sp³-hybridized carbons (Fsp3) is 0.286. The van der Waals surface area contributed by atoms with Crippen molar-refractivity contribution in [3.8, 4) is 0 Å².